The van der Waals surface area contributed by atoms with Gasteiger partial charge in [0.2, 0.25) is 10.0 Å². The van der Waals surface area contributed by atoms with E-state index in [1.807, 2.05) is 13.8 Å². The van der Waals surface area contributed by atoms with Gasteiger partial charge in [-0.15, -0.1) is 11.3 Å². The zero-order valence-corrected chi connectivity index (χ0v) is 14.2. The zero-order valence-electron chi connectivity index (χ0n) is 12.5. The van der Waals surface area contributed by atoms with E-state index >= 15 is 0 Å². The number of hydrogen-bond donors (Lipinski definition) is 1. The number of carbonyl (C=O) groups excluding carboxylic acids is 1. The maximum atomic E-state index is 12.2. The quantitative estimate of drug-likeness (QED) is 0.902. The van der Waals surface area contributed by atoms with Gasteiger partial charge in [-0.1, -0.05) is 0 Å². The number of amides is 1. The van der Waals surface area contributed by atoms with Crippen molar-refractivity contribution in [3.8, 4) is 0 Å². The van der Waals surface area contributed by atoms with Crippen LogP contribution in [0.2, 0.25) is 0 Å². The highest BCUT2D eigenvalue weighted by atomic mass is 32.2. The van der Waals surface area contributed by atoms with Crippen LogP contribution in [0.1, 0.15) is 40.1 Å². The third kappa shape index (κ3) is 3.81. The number of nitrogens with zero attached hydrogens (tertiary/aromatic N) is 2. The summed E-state index contributed by atoms with van der Waals surface area (Å²) in [7, 11) is -3.12. The summed E-state index contributed by atoms with van der Waals surface area (Å²) in [5.74, 6) is 0.0264. The maximum absolute atomic E-state index is 12.2. The predicted molar refractivity (Wildman–Crippen MR) is 83.1 cm³/mol. The molecule has 0 bridgehead atoms. The lowest BCUT2D eigenvalue weighted by molar-refractivity contribution is 0.0927. The first-order chi connectivity index (χ1) is 9.83. The van der Waals surface area contributed by atoms with Crippen molar-refractivity contribution in [3.63, 3.8) is 0 Å². The van der Waals surface area contributed by atoms with Gasteiger partial charge >= 0.3 is 0 Å². The lowest BCUT2D eigenvalue weighted by Gasteiger charge is -2.31. The number of nitrogens with one attached hydrogen (secondary N) is 1. The zero-order chi connectivity index (χ0) is 15.6. The summed E-state index contributed by atoms with van der Waals surface area (Å²) < 4.78 is 25.1. The van der Waals surface area contributed by atoms with Gasteiger partial charge in [-0.2, -0.15) is 0 Å². The van der Waals surface area contributed by atoms with E-state index in [-0.39, 0.29) is 17.7 Å². The Bertz CT molecular complexity index is 617. The molecule has 0 aromatic carbocycles. The molecule has 1 saturated heterocycles. The molecule has 1 aliphatic rings. The number of carbonyl (C=O) groups is 1. The van der Waals surface area contributed by atoms with Gasteiger partial charge in [0.15, 0.2) is 0 Å². The van der Waals surface area contributed by atoms with Crippen LogP contribution in [0.3, 0.4) is 0 Å². The molecule has 21 heavy (non-hydrogen) atoms. The molecular weight excluding hydrogens is 310 g/mol. The van der Waals surface area contributed by atoms with Gasteiger partial charge in [0.05, 0.1) is 16.5 Å². The summed E-state index contributed by atoms with van der Waals surface area (Å²) in [4.78, 5) is 17.1. The third-order valence-corrected chi connectivity index (χ3v) is 6.61. The second-order valence-corrected chi connectivity index (χ2v) is 8.66. The van der Waals surface area contributed by atoms with Gasteiger partial charge in [-0.05, 0) is 33.6 Å². The molecule has 6 nitrogen and oxygen atoms in total. The van der Waals surface area contributed by atoms with E-state index < -0.39 is 10.0 Å². The minimum atomic E-state index is -3.12. The molecule has 1 amide bonds. The van der Waals surface area contributed by atoms with Crippen LogP contribution < -0.4 is 5.32 Å². The number of thiazole rings is 1. The maximum Gasteiger partial charge on any atom is 0.263 e. The molecule has 1 aromatic rings. The van der Waals surface area contributed by atoms with Crippen molar-refractivity contribution in [2.24, 2.45) is 0 Å². The highest BCUT2D eigenvalue weighted by Crippen LogP contribution is 2.19. The van der Waals surface area contributed by atoms with Crippen LogP contribution >= 0.6 is 11.3 Å². The Balaban J connectivity index is 1.92. The van der Waals surface area contributed by atoms with Gasteiger partial charge in [0.1, 0.15) is 4.88 Å². The molecule has 0 saturated carbocycles. The number of rotatable bonds is 4. The summed E-state index contributed by atoms with van der Waals surface area (Å²) in [5, 5.41) is 3.87. The van der Waals surface area contributed by atoms with Crippen LogP contribution in [0, 0.1) is 13.8 Å². The fourth-order valence-electron chi connectivity index (χ4n) is 2.45. The largest absolute Gasteiger partial charge is 0.348 e. The topological polar surface area (TPSA) is 79.4 Å². The second kappa shape index (κ2) is 6.41. The summed E-state index contributed by atoms with van der Waals surface area (Å²) in [6, 6.07) is 0.0302. The standard InChI is InChI=1S/C13H21N3O3S2/c1-4-21(18,19)16-7-5-11(6-8-16)15-13(17)12-9(2)14-10(3)20-12/h11H,4-8H2,1-3H3,(H,15,17). The van der Waals surface area contributed by atoms with Crippen molar-refractivity contribution in [2.45, 2.75) is 39.7 Å². The van der Waals surface area contributed by atoms with Crippen LogP contribution in [0.25, 0.3) is 0 Å². The van der Waals surface area contributed by atoms with E-state index in [4.69, 9.17) is 0 Å². The molecule has 1 fully saturated rings. The minimum Gasteiger partial charge on any atom is -0.348 e. The molecule has 118 valence electrons. The predicted octanol–water partition coefficient (Wildman–Crippen LogP) is 1.30. The van der Waals surface area contributed by atoms with Gasteiger partial charge in [0.25, 0.3) is 5.91 Å². The van der Waals surface area contributed by atoms with Gasteiger partial charge in [-0.3, -0.25) is 4.79 Å². The molecule has 2 heterocycles. The molecule has 0 atom stereocenters. The molecule has 1 N–H and O–H groups in total. The number of aryl methyl sites for hydroxylation is 2. The lowest BCUT2D eigenvalue weighted by Crippen LogP contribution is -2.46. The number of sulfonamides is 1. The van der Waals surface area contributed by atoms with Crippen molar-refractivity contribution in [3.05, 3.63) is 15.6 Å². The highest BCUT2D eigenvalue weighted by Gasteiger charge is 2.28. The third-order valence-electron chi connectivity index (χ3n) is 3.66. The smallest absolute Gasteiger partial charge is 0.263 e. The van der Waals surface area contributed by atoms with Crippen LogP contribution in [0.15, 0.2) is 0 Å². The monoisotopic (exact) mass is 331 g/mol. The number of aromatic nitrogens is 1. The lowest BCUT2D eigenvalue weighted by atomic mass is 10.1. The van der Waals surface area contributed by atoms with E-state index in [1.54, 1.807) is 6.92 Å². The molecule has 0 aliphatic carbocycles. The average Bonchev–Trinajstić information content (AvgIpc) is 2.78. The SMILES string of the molecule is CCS(=O)(=O)N1CCC(NC(=O)c2sc(C)nc2C)CC1. The van der Waals surface area contributed by atoms with Gasteiger partial charge < -0.3 is 5.32 Å². The van der Waals surface area contributed by atoms with Gasteiger partial charge in [0, 0.05) is 19.1 Å². The van der Waals surface area contributed by atoms with Gasteiger partial charge in [-0.25, -0.2) is 17.7 Å². The van der Waals surface area contributed by atoms with E-state index in [9.17, 15) is 13.2 Å². The summed E-state index contributed by atoms with van der Waals surface area (Å²) in [6.45, 7) is 6.30. The van der Waals surface area contributed by atoms with E-state index in [1.165, 1.54) is 15.6 Å². The van der Waals surface area contributed by atoms with E-state index in [2.05, 4.69) is 10.3 Å². The van der Waals surface area contributed by atoms with E-state index in [0.717, 1.165) is 10.7 Å². The first-order valence-electron chi connectivity index (χ1n) is 7.06. The molecule has 2 rings (SSSR count). The molecule has 0 radical (unpaired) electrons. The Hall–Kier alpha value is -0.990. The number of hydrogen-bond acceptors (Lipinski definition) is 5. The minimum absolute atomic E-state index is 0.0302. The molecule has 8 heteroatoms. The first kappa shape index (κ1) is 16.4. The normalized spacial score (nSPS) is 17.9. The molecule has 0 unspecified atom stereocenters. The summed E-state index contributed by atoms with van der Waals surface area (Å²) in [6.07, 6.45) is 1.31. The Kier molecular flexibility index (Phi) is 5.00. The highest BCUT2D eigenvalue weighted by molar-refractivity contribution is 7.89. The molecule has 1 aliphatic heterocycles. The molecule has 1 aromatic heterocycles. The first-order valence-corrected chi connectivity index (χ1v) is 9.48. The Labute approximate surface area is 129 Å². The van der Waals surface area contributed by atoms with Crippen molar-refractivity contribution in [1.29, 1.82) is 0 Å². The Morgan fingerprint density at radius 2 is 2.00 bits per heavy atom. The van der Waals surface area contributed by atoms with Crippen molar-refractivity contribution >= 4 is 27.3 Å². The van der Waals surface area contributed by atoms with Crippen LogP contribution in [-0.4, -0.2) is 48.5 Å². The Morgan fingerprint density at radius 3 is 2.48 bits per heavy atom. The van der Waals surface area contributed by atoms with Crippen molar-refractivity contribution < 1.29 is 13.2 Å². The van der Waals surface area contributed by atoms with Crippen molar-refractivity contribution in [2.75, 3.05) is 18.8 Å². The van der Waals surface area contributed by atoms with Crippen LogP contribution in [-0.2, 0) is 10.0 Å². The van der Waals surface area contributed by atoms with Crippen LogP contribution in [0.4, 0.5) is 0 Å². The molecule has 0 spiro atoms. The average molecular weight is 331 g/mol. The Morgan fingerprint density at radius 1 is 1.38 bits per heavy atom. The van der Waals surface area contributed by atoms with E-state index in [0.29, 0.717) is 30.8 Å². The van der Waals surface area contributed by atoms with Crippen molar-refractivity contribution in [1.82, 2.24) is 14.6 Å². The fraction of sp³-hybridized carbons (Fsp3) is 0.692. The summed E-state index contributed by atoms with van der Waals surface area (Å²) >= 11 is 1.39. The second-order valence-electron chi connectivity index (χ2n) is 5.19. The summed E-state index contributed by atoms with van der Waals surface area (Å²) in [5.41, 5.74) is 0.751. The number of piperidine rings is 1. The fourth-order valence-corrected chi connectivity index (χ4v) is 4.41. The molecular formula is C13H21N3O3S2. The van der Waals surface area contributed by atoms with Crippen LogP contribution in [0.5, 0.6) is 0 Å².